The Morgan fingerprint density at radius 1 is 1.57 bits per heavy atom. The van der Waals surface area contributed by atoms with Crippen molar-refractivity contribution >= 4 is 17.7 Å². The van der Waals surface area contributed by atoms with Crippen LogP contribution < -0.4 is 5.32 Å². The number of urea groups is 1. The molecule has 0 aliphatic carbocycles. The molecule has 8 nitrogen and oxygen atoms in total. The highest BCUT2D eigenvalue weighted by molar-refractivity contribution is 5.90. The Hall–Kier alpha value is -2.09. The van der Waals surface area contributed by atoms with Crippen molar-refractivity contribution in [1.29, 1.82) is 0 Å². The monoisotopic (exact) mass is 296 g/mol. The van der Waals surface area contributed by atoms with Crippen molar-refractivity contribution in [2.24, 2.45) is 13.0 Å². The Labute approximate surface area is 122 Å². The summed E-state index contributed by atoms with van der Waals surface area (Å²) >= 11 is 0. The van der Waals surface area contributed by atoms with Crippen molar-refractivity contribution in [3.8, 4) is 0 Å². The third-order valence-corrected chi connectivity index (χ3v) is 3.62. The van der Waals surface area contributed by atoms with E-state index in [4.69, 9.17) is 4.74 Å². The molecule has 21 heavy (non-hydrogen) atoms. The van der Waals surface area contributed by atoms with Gasteiger partial charge >= 0.3 is 12.0 Å². The topological polar surface area (TPSA) is 96.7 Å². The number of nitrogens with zero attached hydrogens (tertiary/aromatic N) is 3. The summed E-state index contributed by atoms with van der Waals surface area (Å²) in [5, 5.41) is 16.1. The van der Waals surface area contributed by atoms with Crippen LogP contribution in [-0.2, 0) is 16.6 Å². The van der Waals surface area contributed by atoms with E-state index in [1.807, 2.05) is 6.92 Å². The summed E-state index contributed by atoms with van der Waals surface area (Å²) in [6, 6.07) is -0.792. The number of hydrogen-bond acceptors (Lipinski definition) is 4. The minimum atomic E-state index is -0.943. The number of nitrogens with one attached hydrogen (secondary N) is 1. The molecule has 2 unspecified atom stereocenters. The normalized spacial score (nSPS) is 21.3. The van der Waals surface area contributed by atoms with Gasteiger partial charge in [0.2, 0.25) is 0 Å². The number of aryl methyl sites for hydroxylation is 2. The molecule has 2 rings (SSSR count). The van der Waals surface area contributed by atoms with E-state index in [0.717, 1.165) is 0 Å². The SMILES string of the molecule is CCN(C(=O)Nc1cn(C)nc1C)C1COCC1C(=O)O. The van der Waals surface area contributed by atoms with Crippen molar-refractivity contribution in [3.63, 3.8) is 0 Å². The van der Waals surface area contributed by atoms with E-state index in [1.54, 1.807) is 24.9 Å². The second kappa shape index (κ2) is 6.13. The van der Waals surface area contributed by atoms with Crippen LogP contribution in [0.3, 0.4) is 0 Å². The zero-order valence-corrected chi connectivity index (χ0v) is 12.4. The van der Waals surface area contributed by atoms with Crippen LogP contribution in [0.1, 0.15) is 12.6 Å². The number of carbonyl (C=O) groups excluding carboxylic acids is 1. The summed E-state index contributed by atoms with van der Waals surface area (Å²) in [4.78, 5) is 25.1. The van der Waals surface area contributed by atoms with Gasteiger partial charge in [-0.2, -0.15) is 5.10 Å². The summed E-state index contributed by atoms with van der Waals surface area (Å²) in [5.74, 6) is -1.63. The maximum Gasteiger partial charge on any atom is 0.322 e. The quantitative estimate of drug-likeness (QED) is 0.851. The standard InChI is InChI=1S/C13H20N4O4/c1-4-17(11-7-21-6-9(11)12(18)19)13(20)14-10-5-16(3)15-8(10)2/h5,9,11H,4,6-7H2,1-3H3,(H,14,20)(H,18,19). The van der Waals surface area contributed by atoms with Crippen molar-refractivity contribution in [2.45, 2.75) is 19.9 Å². The summed E-state index contributed by atoms with van der Waals surface area (Å²) in [5.41, 5.74) is 1.33. The van der Waals surface area contributed by atoms with E-state index in [-0.39, 0.29) is 19.2 Å². The Bertz CT molecular complexity index is 542. The second-order valence-corrected chi connectivity index (χ2v) is 5.07. The number of carbonyl (C=O) groups is 2. The lowest BCUT2D eigenvalue weighted by Crippen LogP contribution is -2.48. The molecular weight excluding hydrogens is 276 g/mol. The number of amides is 2. The summed E-state index contributed by atoms with van der Waals surface area (Å²) in [7, 11) is 1.77. The lowest BCUT2D eigenvalue weighted by atomic mass is 10.0. The van der Waals surface area contributed by atoms with Crippen molar-refractivity contribution in [3.05, 3.63) is 11.9 Å². The molecule has 0 aromatic carbocycles. The highest BCUT2D eigenvalue weighted by Crippen LogP contribution is 2.21. The molecular formula is C13H20N4O4. The molecule has 1 aliphatic heterocycles. The Balaban J connectivity index is 2.11. The van der Waals surface area contributed by atoms with Crippen LogP contribution in [0.4, 0.5) is 10.5 Å². The fraction of sp³-hybridized carbons (Fsp3) is 0.615. The molecule has 0 spiro atoms. The van der Waals surface area contributed by atoms with Crippen molar-refractivity contribution < 1.29 is 19.4 Å². The van der Waals surface area contributed by atoms with Crippen molar-refractivity contribution in [1.82, 2.24) is 14.7 Å². The van der Waals surface area contributed by atoms with Crippen molar-refractivity contribution in [2.75, 3.05) is 25.1 Å². The first-order valence-corrected chi connectivity index (χ1v) is 6.82. The average molecular weight is 296 g/mol. The van der Waals surface area contributed by atoms with E-state index in [9.17, 15) is 14.7 Å². The number of carboxylic acids is 1. The molecule has 116 valence electrons. The molecule has 0 radical (unpaired) electrons. The van der Waals surface area contributed by atoms with Crippen LogP contribution in [0.5, 0.6) is 0 Å². The molecule has 1 aliphatic rings. The zero-order chi connectivity index (χ0) is 15.6. The van der Waals surface area contributed by atoms with Crippen LogP contribution in [0.25, 0.3) is 0 Å². The van der Waals surface area contributed by atoms with Gasteiger partial charge in [-0.05, 0) is 13.8 Å². The Kier molecular flexibility index (Phi) is 4.46. The molecule has 1 saturated heterocycles. The minimum Gasteiger partial charge on any atom is -0.481 e. The second-order valence-electron chi connectivity index (χ2n) is 5.07. The zero-order valence-electron chi connectivity index (χ0n) is 12.4. The number of aromatic nitrogens is 2. The maximum absolute atomic E-state index is 12.4. The number of hydrogen-bond donors (Lipinski definition) is 2. The van der Waals surface area contributed by atoms with Gasteiger partial charge in [0.15, 0.2) is 0 Å². The van der Waals surface area contributed by atoms with Gasteiger partial charge in [0.05, 0.1) is 30.6 Å². The highest BCUT2D eigenvalue weighted by Gasteiger charge is 2.39. The molecule has 1 fully saturated rings. The van der Waals surface area contributed by atoms with Gasteiger partial charge in [-0.3, -0.25) is 9.48 Å². The molecule has 2 heterocycles. The molecule has 1 aromatic rings. The average Bonchev–Trinajstić information content (AvgIpc) is 2.98. The van der Waals surface area contributed by atoms with E-state index >= 15 is 0 Å². The smallest absolute Gasteiger partial charge is 0.322 e. The molecule has 0 saturated carbocycles. The molecule has 2 amide bonds. The Morgan fingerprint density at radius 2 is 2.29 bits per heavy atom. The predicted octanol–water partition coefficient (Wildman–Crippen LogP) is 0.682. The fourth-order valence-electron chi connectivity index (χ4n) is 2.52. The van der Waals surface area contributed by atoms with Gasteiger partial charge in [-0.25, -0.2) is 4.79 Å². The lowest BCUT2D eigenvalue weighted by Gasteiger charge is -2.29. The molecule has 8 heteroatoms. The van der Waals surface area contributed by atoms with E-state index < -0.39 is 17.9 Å². The van der Waals surface area contributed by atoms with Crippen LogP contribution >= 0.6 is 0 Å². The number of anilines is 1. The minimum absolute atomic E-state index is 0.135. The highest BCUT2D eigenvalue weighted by atomic mass is 16.5. The number of rotatable bonds is 4. The number of carboxylic acid groups (broad SMARTS) is 1. The van der Waals surface area contributed by atoms with E-state index in [1.165, 1.54) is 4.90 Å². The van der Waals surface area contributed by atoms with Crippen LogP contribution in [0.15, 0.2) is 6.20 Å². The van der Waals surface area contributed by atoms with E-state index in [0.29, 0.717) is 17.9 Å². The fourth-order valence-corrected chi connectivity index (χ4v) is 2.52. The van der Waals surface area contributed by atoms with Crippen LogP contribution in [-0.4, -0.2) is 57.6 Å². The number of ether oxygens (including phenoxy) is 1. The van der Waals surface area contributed by atoms with Gasteiger partial charge in [-0.15, -0.1) is 0 Å². The van der Waals surface area contributed by atoms with Crippen LogP contribution in [0.2, 0.25) is 0 Å². The third kappa shape index (κ3) is 3.15. The Morgan fingerprint density at radius 3 is 2.81 bits per heavy atom. The van der Waals surface area contributed by atoms with Gasteiger partial charge in [0, 0.05) is 19.8 Å². The summed E-state index contributed by atoms with van der Waals surface area (Å²) < 4.78 is 6.83. The van der Waals surface area contributed by atoms with Crippen LogP contribution in [0, 0.1) is 12.8 Å². The number of likely N-dealkylation sites (N-methyl/N-ethyl adjacent to an activating group) is 1. The van der Waals surface area contributed by atoms with Gasteiger partial charge in [0.25, 0.3) is 0 Å². The molecule has 2 N–H and O–H groups in total. The number of aliphatic carboxylic acids is 1. The first kappa shape index (κ1) is 15.3. The predicted molar refractivity (Wildman–Crippen MR) is 75.1 cm³/mol. The summed E-state index contributed by atoms with van der Waals surface area (Å²) in [6.45, 7) is 4.39. The largest absolute Gasteiger partial charge is 0.481 e. The molecule has 0 bridgehead atoms. The lowest BCUT2D eigenvalue weighted by molar-refractivity contribution is -0.142. The molecule has 2 atom stereocenters. The van der Waals surface area contributed by atoms with E-state index in [2.05, 4.69) is 10.4 Å². The van der Waals surface area contributed by atoms with Gasteiger partial charge < -0.3 is 20.1 Å². The summed E-state index contributed by atoms with van der Waals surface area (Å²) in [6.07, 6.45) is 1.71. The first-order chi connectivity index (χ1) is 9.93. The first-order valence-electron chi connectivity index (χ1n) is 6.82. The van der Waals surface area contributed by atoms with Gasteiger partial charge in [0.1, 0.15) is 5.92 Å². The third-order valence-electron chi connectivity index (χ3n) is 3.62. The van der Waals surface area contributed by atoms with Gasteiger partial charge in [-0.1, -0.05) is 0 Å². The maximum atomic E-state index is 12.4. The molecule has 1 aromatic heterocycles.